The Bertz CT molecular complexity index is 861. The fourth-order valence-corrected chi connectivity index (χ4v) is 3.53. The van der Waals surface area contributed by atoms with Crippen LogP contribution in [-0.2, 0) is 11.3 Å². The van der Waals surface area contributed by atoms with Gasteiger partial charge in [-0.3, -0.25) is 4.79 Å². The number of carbonyl (C=O) groups excluding carboxylic acids is 1. The van der Waals surface area contributed by atoms with Crippen LogP contribution in [0.4, 0.5) is 0 Å². The summed E-state index contributed by atoms with van der Waals surface area (Å²) in [6, 6.07) is 4.06. The van der Waals surface area contributed by atoms with Crippen molar-refractivity contribution < 1.29 is 4.79 Å². The number of rotatable bonds is 4. The number of hydrogen-bond donors (Lipinski definition) is 0. The first-order valence-electron chi connectivity index (χ1n) is 8.75. The molecule has 0 N–H and O–H groups in total. The predicted octanol–water partition coefficient (Wildman–Crippen LogP) is 2.03. The van der Waals surface area contributed by atoms with E-state index in [0.29, 0.717) is 18.9 Å². The molecule has 130 valence electrons. The second-order valence-electron chi connectivity index (χ2n) is 6.63. The van der Waals surface area contributed by atoms with Crippen LogP contribution in [0.2, 0.25) is 0 Å². The Hall–Kier alpha value is -2.70. The lowest BCUT2D eigenvalue weighted by Gasteiger charge is -2.32. The molecule has 1 aliphatic heterocycles. The minimum absolute atomic E-state index is 0.225. The first kappa shape index (κ1) is 15.8. The summed E-state index contributed by atoms with van der Waals surface area (Å²) in [4.78, 5) is 23.1. The molecule has 25 heavy (non-hydrogen) atoms. The number of aromatic nitrogens is 5. The largest absolute Gasteiger partial charge is 0.343 e. The maximum absolute atomic E-state index is 12.4. The van der Waals surface area contributed by atoms with Gasteiger partial charge in [0.2, 0.25) is 5.91 Å². The van der Waals surface area contributed by atoms with E-state index in [2.05, 4.69) is 23.1 Å². The van der Waals surface area contributed by atoms with Crippen LogP contribution in [0.25, 0.3) is 5.65 Å². The Morgan fingerprint density at radius 2 is 2.12 bits per heavy atom. The highest BCUT2D eigenvalue weighted by atomic mass is 16.2. The van der Waals surface area contributed by atoms with Crippen molar-refractivity contribution in [3.05, 3.63) is 48.4 Å². The highest BCUT2D eigenvalue weighted by Crippen LogP contribution is 2.28. The second-order valence-corrected chi connectivity index (χ2v) is 6.63. The topological polar surface area (TPSA) is 68.3 Å². The van der Waals surface area contributed by atoms with E-state index >= 15 is 0 Å². The van der Waals surface area contributed by atoms with E-state index in [9.17, 15) is 4.79 Å². The van der Waals surface area contributed by atoms with E-state index in [1.54, 1.807) is 18.7 Å². The number of aryl methyl sites for hydroxylation is 2. The van der Waals surface area contributed by atoms with Gasteiger partial charge in [-0.25, -0.2) is 14.5 Å². The minimum atomic E-state index is 0.225. The molecule has 0 saturated carbocycles. The van der Waals surface area contributed by atoms with Gasteiger partial charge < -0.3 is 9.47 Å². The molecule has 1 fully saturated rings. The summed E-state index contributed by atoms with van der Waals surface area (Å²) < 4.78 is 3.80. The average molecular weight is 338 g/mol. The van der Waals surface area contributed by atoms with Gasteiger partial charge in [-0.2, -0.15) is 5.10 Å². The van der Waals surface area contributed by atoms with Crippen LogP contribution in [-0.4, -0.2) is 48.0 Å². The molecular weight excluding hydrogens is 316 g/mol. The average Bonchev–Trinajstić information content (AvgIpc) is 3.31. The van der Waals surface area contributed by atoms with Crippen molar-refractivity contribution in [3.63, 3.8) is 0 Å². The standard InChI is InChI=1S/C18H22N6O/c1-14-12-16(21-17-2-6-20-24(14)17)15-3-9-23(10-4-15)18(25)5-8-22-11-7-19-13-22/h2,6-7,11-13,15H,3-5,8-10H2,1H3. The Balaban J connectivity index is 1.36. The smallest absolute Gasteiger partial charge is 0.224 e. The first-order valence-corrected chi connectivity index (χ1v) is 8.75. The highest BCUT2D eigenvalue weighted by molar-refractivity contribution is 5.76. The fourth-order valence-electron chi connectivity index (χ4n) is 3.53. The number of nitrogens with zero attached hydrogens (tertiary/aromatic N) is 6. The van der Waals surface area contributed by atoms with Crippen molar-refractivity contribution in [2.24, 2.45) is 0 Å². The van der Waals surface area contributed by atoms with Crippen LogP contribution in [0.3, 0.4) is 0 Å². The number of carbonyl (C=O) groups is 1. The summed E-state index contributed by atoms with van der Waals surface area (Å²) in [6.07, 6.45) is 9.62. The van der Waals surface area contributed by atoms with Gasteiger partial charge in [0.25, 0.3) is 0 Å². The Morgan fingerprint density at radius 3 is 2.88 bits per heavy atom. The monoisotopic (exact) mass is 338 g/mol. The molecule has 4 rings (SSSR count). The molecule has 7 nitrogen and oxygen atoms in total. The summed E-state index contributed by atoms with van der Waals surface area (Å²) in [7, 11) is 0. The number of imidazole rings is 1. The molecule has 3 aromatic rings. The molecule has 0 radical (unpaired) electrons. The summed E-state index contributed by atoms with van der Waals surface area (Å²) in [5.74, 6) is 0.638. The van der Waals surface area contributed by atoms with Crippen LogP contribution >= 0.6 is 0 Å². The van der Waals surface area contributed by atoms with E-state index in [4.69, 9.17) is 4.98 Å². The number of hydrogen-bond acceptors (Lipinski definition) is 4. The van der Waals surface area contributed by atoms with Crippen molar-refractivity contribution in [1.82, 2.24) is 29.0 Å². The third kappa shape index (κ3) is 3.26. The molecule has 0 unspecified atom stereocenters. The van der Waals surface area contributed by atoms with Gasteiger partial charge in [0.05, 0.1) is 12.5 Å². The Morgan fingerprint density at radius 1 is 1.28 bits per heavy atom. The van der Waals surface area contributed by atoms with E-state index < -0.39 is 0 Å². The molecule has 0 atom stereocenters. The van der Waals surface area contributed by atoms with Crippen LogP contribution in [0.15, 0.2) is 37.1 Å². The summed E-state index contributed by atoms with van der Waals surface area (Å²) in [5, 5.41) is 4.28. The van der Waals surface area contributed by atoms with Crippen LogP contribution < -0.4 is 0 Å². The third-order valence-electron chi connectivity index (χ3n) is 4.97. The van der Waals surface area contributed by atoms with E-state index in [1.807, 2.05) is 26.2 Å². The van der Waals surface area contributed by atoms with Crippen molar-refractivity contribution in [3.8, 4) is 0 Å². The molecule has 4 heterocycles. The van der Waals surface area contributed by atoms with Gasteiger partial charge in [-0.1, -0.05) is 0 Å². The maximum atomic E-state index is 12.4. The lowest BCUT2D eigenvalue weighted by Crippen LogP contribution is -2.38. The quantitative estimate of drug-likeness (QED) is 0.730. The Labute approximate surface area is 146 Å². The molecule has 0 aliphatic carbocycles. The molecule has 7 heteroatoms. The first-order chi connectivity index (χ1) is 12.2. The molecule has 3 aromatic heterocycles. The van der Waals surface area contributed by atoms with E-state index in [-0.39, 0.29) is 5.91 Å². The third-order valence-corrected chi connectivity index (χ3v) is 4.97. The van der Waals surface area contributed by atoms with E-state index in [0.717, 1.165) is 43.0 Å². The van der Waals surface area contributed by atoms with Gasteiger partial charge in [-0.05, 0) is 25.8 Å². The number of likely N-dealkylation sites (tertiary alicyclic amines) is 1. The zero-order chi connectivity index (χ0) is 17.2. The van der Waals surface area contributed by atoms with Crippen molar-refractivity contribution in [1.29, 1.82) is 0 Å². The summed E-state index contributed by atoms with van der Waals surface area (Å²) in [5.41, 5.74) is 3.12. The van der Waals surface area contributed by atoms with Gasteiger partial charge in [0.1, 0.15) is 0 Å². The fraction of sp³-hybridized carbons (Fsp3) is 0.444. The molecule has 0 bridgehead atoms. The molecule has 1 saturated heterocycles. The normalized spacial score (nSPS) is 15.8. The zero-order valence-corrected chi connectivity index (χ0v) is 14.4. The van der Waals surface area contributed by atoms with Crippen LogP contribution in [0.5, 0.6) is 0 Å². The summed E-state index contributed by atoms with van der Waals surface area (Å²) in [6.45, 7) is 4.36. The number of piperidine rings is 1. The van der Waals surface area contributed by atoms with Crippen molar-refractivity contribution in [2.75, 3.05) is 13.1 Å². The maximum Gasteiger partial charge on any atom is 0.224 e. The molecular formula is C18H22N6O. The van der Waals surface area contributed by atoms with Gasteiger partial charge in [-0.15, -0.1) is 0 Å². The van der Waals surface area contributed by atoms with Gasteiger partial charge in [0, 0.05) is 61.8 Å². The SMILES string of the molecule is Cc1cc(C2CCN(C(=O)CCn3ccnc3)CC2)nc2ccnn12. The molecule has 1 amide bonds. The lowest BCUT2D eigenvalue weighted by molar-refractivity contribution is -0.132. The molecule has 0 spiro atoms. The second kappa shape index (κ2) is 6.66. The predicted molar refractivity (Wildman–Crippen MR) is 93.1 cm³/mol. The Kier molecular flexibility index (Phi) is 4.21. The highest BCUT2D eigenvalue weighted by Gasteiger charge is 2.25. The molecule has 1 aliphatic rings. The number of amides is 1. The van der Waals surface area contributed by atoms with E-state index in [1.165, 1.54) is 0 Å². The van der Waals surface area contributed by atoms with Crippen molar-refractivity contribution in [2.45, 2.75) is 38.6 Å². The lowest BCUT2D eigenvalue weighted by atomic mass is 9.92. The zero-order valence-electron chi connectivity index (χ0n) is 14.4. The van der Waals surface area contributed by atoms with Gasteiger partial charge in [0.15, 0.2) is 5.65 Å². The minimum Gasteiger partial charge on any atom is -0.343 e. The van der Waals surface area contributed by atoms with Crippen molar-refractivity contribution >= 4 is 11.6 Å². The van der Waals surface area contributed by atoms with Crippen LogP contribution in [0.1, 0.15) is 36.6 Å². The molecule has 0 aromatic carbocycles. The number of fused-ring (bicyclic) bond motifs is 1. The summed E-state index contributed by atoms with van der Waals surface area (Å²) >= 11 is 0. The van der Waals surface area contributed by atoms with Gasteiger partial charge >= 0.3 is 0 Å². The van der Waals surface area contributed by atoms with Crippen LogP contribution in [0, 0.1) is 6.92 Å².